The van der Waals surface area contributed by atoms with E-state index in [0.29, 0.717) is 33.7 Å². The van der Waals surface area contributed by atoms with Crippen molar-refractivity contribution in [1.82, 2.24) is 0 Å². The van der Waals surface area contributed by atoms with E-state index in [1.54, 1.807) is 30.3 Å². The van der Waals surface area contributed by atoms with Crippen LogP contribution in [0.25, 0.3) is 0 Å². The molecule has 0 unspecified atom stereocenters. The van der Waals surface area contributed by atoms with Gasteiger partial charge in [0.1, 0.15) is 12.4 Å². The van der Waals surface area contributed by atoms with Crippen molar-refractivity contribution in [3.63, 3.8) is 0 Å². The molecule has 0 N–H and O–H groups in total. The summed E-state index contributed by atoms with van der Waals surface area (Å²) in [6, 6.07) is 11.7. The summed E-state index contributed by atoms with van der Waals surface area (Å²) in [6.07, 6.45) is 0. The Kier molecular flexibility index (Phi) is 5.18. The van der Waals surface area contributed by atoms with Gasteiger partial charge in [0, 0.05) is 16.1 Å². The first-order valence-electron chi connectivity index (χ1n) is 6.37. The molecule has 0 spiro atoms. The van der Waals surface area contributed by atoms with Crippen LogP contribution in [-0.2, 0) is 6.61 Å². The summed E-state index contributed by atoms with van der Waals surface area (Å²) in [4.78, 5) is 0. The van der Waals surface area contributed by atoms with E-state index in [4.69, 9.17) is 14.7 Å². The first-order chi connectivity index (χ1) is 10.1. The van der Waals surface area contributed by atoms with Crippen LogP contribution in [0.3, 0.4) is 0 Å². The van der Waals surface area contributed by atoms with Crippen LogP contribution in [-0.4, -0.2) is 6.61 Å². The standard InChI is InChI=1S/C16H13BrFNO2/c1-2-20-16-7-11(9-19)3-6-15(16)21-10-12-4-5-13(17)8-14(12)18/h3-8H,2,10H2,1H3. The van der Waals surface area contributed by atoms with E-state index in [1.807, 2.05) is 13.0 Å². The van der Waals surface area contributed by atoms with Crippen molar-refractivity contribution in [3.8, 4) is 17.6 Å². The highest BCUT2D eigenvalue weighted by molar-refractivity contribution is 9.10. The van der Waals surface area contributed by atoms with Crippen molar-refractivity contribution >= 4 is 15.9 Å². The third-order valence-corrected chi connectivity index (χ3v) is 3.26. The summed E-state index contributed by atoms with van der Waals surface area (Å²) >= 11 is 3.21. The zero-order valence-electron chi connectivity index (χ0n) is 11.4. The average molecular weight is 350 g/mol. The molecular formula is C16H13BrFNO2. The summed E-state index contributed by atoms with van der Waals surface area (Å²) in [5.74, 6) is 0.628. The lowest BCUT2D eigenvalue weighted by Crippen LogP contribution is -2.01. The van der Waals surface area contributed by atoms with Gasteiger partial charge >= 0.3 is 0 Å². The minimum atomic E-state index is -0.337. The third-order valence-electron chi connectivity index (χ3n) is 2.77. The van der Waals surface area contributed by atoms with E-state index in [2.05, 4.69) is 15.9 Å². The molecule has 0 radical (unpaired) electrons. The van der Waals surface area contributed by atoms with Crippen LogP contribution in [0.15, 0.2) is 40.9 Å². The van der Waals surface area contributed by atoms with Crippen molar-refractivity contribution < 1.29 is 13.9 Å². The van der Waals surface area contributed by atoms with Gasteiger partial charge in [-0.1, -0.05) is 22.0 Å². The third kappa shape index (κ3) is 3.96. The number of hydrogen-bond acceptors (Lipinski definition) is 3. The van der Waals surface area contributed by atoms with Gasteiger partial charge in [-0.05, 0) is 31.2 Å². The molecule has 0 aliphatic carbocycles. The van der Waals surface area contributed by atoms with Gasteiger partial charge in [0.25, 0.3) is 0 Å². The molecule has 0 heterocycles. The van der Waals surface area contributed by atoms with Gasteiger partial charge in [-0.25, -0.2) is 4.39 Å². The number of ether oxygens (including phenoxy) is 2. The minimum absolute atomic E-state index is 0.0884. The Bertz CT molecular complexity index is 682. The number of rotatable bonds is 5. The van der Waals surface area contributed by atoms with Crippen LogP contribution in [0.5, 0.6) is 11.5 Å². The van der Waals surface area contributed by atoms with Gasteiger partial charge in [-0.15, -0.1) is 0 Å². The molecule has 3 nitrogen and oxygen atoms in total. The Balaban J connectivity index is 2.17. The highest BCUT2D eigenvalue weighted by Crippen LogP contribution is 2.29. The summed E-state index contributed by atoms with van der Waals surface area (Å²) in [5, 5.41) is 8.89. The Morgan fingerprint density at radius 2 is 1.95 bits per heavy atom. The molecule has 21 heavy (non-hydrogen) atoms. The topological polar surface area (TPSA) is 42.2 Å². The molecule has 0 saturated carbocycles. The molecule has 0 fully saturated rings. The van der Waals surface area contributed by atoms with Crippen molar-refractivity contribution in [3.05, 3.63) is 57.8 Å². The fourth-order valence-electron chi connectivity index (χ4n) is 1.76. The number of hydrogen-bond donors (Lipinski definition) is 0. The smallest absolute Gasteiger partial charge is 0.162 e. The first kappa shape index (κ1) is 15.3. The SMILES string of the molecule is CCOc1cc(C#N)ccc1OCc1ccc(Br)cc1F. The zero-order valence-corrected chi connectivity index (χ0v) is 13.0. The maximum absolute atomic E-state index is 13.7. The normalized spacial score (nSPS) is 10.0. The summed E-state index contributed by atoms with van der Waals surface area (Å²) in [5.41, 5.74) is 0.936. The molecule has 0 aliphatic heterocycles. The molecule has 5 heteroatoms. The number of nitriles is 1. The van der Waals surface area contributed by atoms with E-state index in [1.165, 1.54) is 6.07 Å². The molecule has 108 valence electrons. The van der Waals surface area contributed by atoms with Crippen LogP contribution in [0.4, 0.5) is 4.39 Å². The second-order valence-electron chi connectivity index (χ2n) is 4.23. The van der Waals surface area contributed by atoms with E-state index < -0.39 is 0 Å². The van der Waals surface area contributed by atoms with E-state index in [9.17, 15) is 4.39 Å². The lowest BCUT2D eigenvalue weighted by molar-refractivity contribution is 0.266. The molecule has 2 rings (SSSR count). The van der Waals surface area contributed by atoms with E-state index >= 15 is 0 Å². The fourth-order valence-corrected chi connectivity index (χ4v) is 2.09. The Hall–Kier alpha value is -2.06. The first-order valence-corrected chi connectivity index (χ1v) is 7.17. The maximum Gasteiger partial charge on any atom is 0.162 e. The zero-order chi connectivity index (χ0) is 15.2. The molecule has 2 aromatic rings. The highest BCUT2D eigenvalue weighted by atomic mass is 79.9. The van der Waals surface area contributed by atoms with Crippen molar-refractivity contribution in [2.75, 3.05) is 6.61 Å². The van der Waals surface area contributed by atoms with Crippen LogP contribution in [0, 0.1) is 17.1 Å². The van der Waals surface area contributed by atoms with Gasteiger partial charge in [0.05, 0.1) is 18.2 Å². The van der Waals surface area contributed by atoms with Crippen molar-refractivity contribution in [2.45, 2.75) is 13.5 Å². The van der Waals surface area contributed by atoms with Crippen LogP contribution in [0.1, 0.15) is 18.1 Å². The largest absolute Gasteiger partial charge is 0.490 e. The highest BCUT2D eigenvalue weighted by Gasteiger charge is 2.09. The molecule has 0 amide bonds. The molecule has 0 aliphatic rings. The van der Waals surface area contributed by atoms with Gasteiger partial charge in [-0.2, -0.15) is 5.26 Å². The predicted octanol–water partition coefficient (Wildman–Crippen LogP) is 4.44. The summed E-state index contributed by atoms with van der Waals surface area (Å²) < 4.78 is 25.5. The molecule has 0 aromatic heterocycles. The fraction of sp³-hybridized carbons (Fsp3) is 0.188. The second kappa shape index (κ2) is 7.09. The number of benzene rings is 2. The maximum atomic E-state index is 13.7. The Morgan fingerprint density at radius 1 is 1.14 bits per heavy atom. The van der Waals surface area contributed by atoms with Crippen LogP contribution >= 0.6 is 15.9 Å². The summed E-state index contributed by atoms with van der Waals surface area (Å²) in [7, 11) is 0. The summed E-state index contributed by atoms with van der Waals surface area (Å²) in [6.45, 7) is 2.39. The number of nitrogens with zero attached hydrogens (tertiary/aromatic N) is 1. The van der Waals surface area contributed by atoms with Crippen LogP contribution in [0.2, 0.25) is 0 Å². The molecule has 0 bridgehead atoms. The van der Waals surface area contributed by atoms with E-state index in [-0.39, 0.29) is 12.4 Å². The van der Waals surface area contributed by atoms with Crippen molar-refractivity contribution in [2.24, 2.45) is 0 Å². The Morgan fingerprint density at radius 3 is 2.62 bits per heavy atom. The van der Waals surface area contributed by atoms with Gasteiger partial charge in [0.2, 0.25) is 0 Å². The minimum Gasteiger partial charge on any atom is -0.490 e. The van der Waals surface area contributed by atoms with Gasteiger partial charge in [0.15, 0.2) is 11.5 Å². The Labute approximate surface area is 131 Å². The monoisotopic (exact) mass is 349 g/mol. The molecule has 2 aromatic carbocycles. The van der Waals surface area contributed by atoms with Gasteiger partial charge in [-0.3, -0.25) is 0 Å². The van der Waals surface area contributed by atoms with E-state index in [0.717, 1.165) is 0 Å². The van der Waals surface area contributed by atoms with Crippen LogP contribution < -0.4 is 9.47 Å². The number of halogens is 2. The lowest BCUT2D eigenvalue weighted by Gasteiger charge is -2.12. The van der Waals surface area contributed by atoms with Crippen molar-refractivity contribution in [1.29, 1.82) is 5.26 Å². The molecule has 0 saturated heterocycles. The second-order valence-corrected chi connectivity index (χ2v) is 5.15. The quantitative estimate of drug-likeness (QED) is 0.801. The predicted molar refractivity (Wildman–Crippen MR) is 80.8 cm³/mol. The van der Waals surface area contributed by atoms with Gasteiger partial charge < -0.3 is 9.47 Å². The molecular weight excluding hydrogens is 337 g/mol. The lowest BCUT2D eigenvalue weighted by atomic mass is 10.2. The average Bonchev–Trinajstić information content (AvgIpc) is 2.47. The molecule has 0 atom stereocenters.